The van der Waals surface area contributed by atoms with Crippen molar-refractivity contribution in [1.29, 1.82) is 0 Å². The average Bonchev–Trinajstić information content (AvgIpc) is 2.90. The normalized spacial score (nSPS) is 13.2. The van der Waals surface area contributed by atoms with Crippen LogP contribution in [0.15, 0.2) is 33.9 Å². The minimum Gasteiger partial charge on any atom is -0.384 e. The molecule has 0 radical (unpaired) electrons. The minimum atomic E-state index is -0.727. The Morgan fingerprint density at radius 2 is 2.04 bits per heavy atom. The highest BCUT2D eigenvalue weighted by Crippen LogP contribution is 2.27. The van der Waals surface area contributed by atoms with Gasteiger partial charge in [-0.1, -0.05) is 18.2 Å². The van der Waals surface area contributed by atoms with Crippen LogP contribution in [0.25, 0.3) is 0 Å². The summed E-state index contributed by atoms with van der Waals surface area (Å²) in [5, 5.41) is 0. The summed E-state index contributed by atoms with van der Waals surface area (Å²) in [5.74, 6) is -0.457. The number of nitrogens with one attached hydrogen (secondary N) is 1. The van der Waals surface area contributed by atoms with Crippen molar-refractivity contribution in [2.45, 2.75) is 19.9 Å². The SMILES string of the molecule is CCn1c(N)c(C(=O)CN2CCc3ccccc32)c(=O)[nH]c1=O. The lowest BCUT2D eigenvalue weighted by atomic mass is 10.1. The molecular formula is C16H18N4O3. The van der Waals surface area contributed by atoms with E-state index < -0.39 is 11.2 Å². The molecular weight excluding hydrogens is 296 g/mol. The van der Waals surface area contributed by atoms with Gasteiger partial charge in [0.15, 0.2) is 5.78 Å². The van der Waals surface area contributed by atoms with Crippen LogP contribution in [-0.4, -0.2) is 28.4 Å². The summed E-state index contributed by atoms with van der Waals surface area (Å²) in [4.78, 5) is 40.3. The number of hydrogen-bond acceptors (Lipinski definition) is 5. The van der Waals surface area contributed by atoms with Crippen LogP contribution in [-0.2, 0) is 13.0 Å². The van der Waals surface area contributed by atoms with Crippen LogP contribution in [0.3, 0.4) is 0 Å². The van der Waals surface area contributed by atoms with Crippen molar-refractivity contribution in [2.24, 2.45) is 0 Å². The summed E-state index contributed by atoms with van der Waals surface area (Å²) >= 11 is 0. The molecule has 0 aliphatic carbocycles. The van der Waals surface area contributed by atoms with Gasteiger partial charge in [-0.3, -0.25) is 19.1 Å². The number of carbonyl (C=O) groups excluding carboxylic acids is 1. The lowest BCUT2D eigenvalue weighted by molar-refractivity contribution is 0.0998. The summed E-state index contributed by atoms with van der Waals surface area (Å²) in [7, 11) is 0. The summed E-state index contributed by atoms with van der Waals surface area (Å²) < 4.78 is 1.19. The molecule has 1 aromatic heterocycles. The summed E-state index contributed by atoms with van der Waals surface area (Å²) in [6.07, 6.45) is 0.865. The first kappa shape index (κ1) is 15.1. The Kier molecular flexibility index (Phi) is 3.77. The van der Waals surface area contributed by atoms with E-state index in [1.54, 1.807) is 6.92 Å². The van der Waals surface area contributed by atoms with E-state index in [0.717, 1.165) is 18.7 Å². The van der Waals surface area contributed by atoms with Crippen molar-refractivity contribution in [3.63, 3.8) is 0 Å². The number of ketones is 1. The second kappa shape index (κ2) is 5.75. The highest BCUT2D eigenvalue weighted by Gasteiger charge is 2.24. The molecule has 0 spiro atoms. The Balaban J connectivity index is 1.94. The average molecular weight is 314 g/mol. The van der Waals surface area contributed by atoms with Crippen LogP contribution < -0.4 is 21.9 Å². The Hall–Kier alpha value is -2.83. The fourth-order valence-electron chi connectivity index (χ4n) is 2.99. The monoisotopic (exact) mass is 314 g/mol. The van der Waals surface area contributed by atoms with E-state index in [0.29, 0.717) is 0 Å². The molecule has 0 amide bonds. The van der Waals surface area contributed by atoms with Gasteiger partial charge in [0.05, 0.1) is 6.54 Å². The third kappa shape index (κ3) is 2.54. The van der Waals surface area contributed by atoms with Crippen LogP contribution >= 0.6 is 0 Å². The van der Waals surface area contributed by atoms with E-state index in [2.05, 4.69) is 4.98 Å². The molecule has 3 rings (SSSR count). The van der Waals surface area contributed by atoms with Crippen molar-refractivity contribution in [3.05, 3.63) is 56.2 Å². The molecule has 2 heterocycles. The maximum absolute atomic E-state index is 12.6. The van der Waals surface area contributed by atoms with Crippen molar-refractivity contribution in [3.8, 4) is 0 Å². The molecule has 1 aromatic carbocycles. The number of nitrogens with two attached hydrogens (primary N) is 1. The number of rotatable bonds is 4. The van der Waals surface area contributed by atoms with Gasteiger partial charge in [0.2, 0.25) is 0 Å². The molecule has 2 aromatic rings. The Morgan fingerprint density at radius 1 is 1.30 bits per heavy atom. The van der Waals surface area contributed by atoms with E-state index >= 15 is 0 Å². The number of benzene rings is 1. The number of nitrogens with zero attached hydrogens (tertiary/aromatic N) is 2. The van der Waals surface area contributed by atoms with Gasteiger partial charge < -0.3 is 10.6 Å². The predicted octanol–water partition coefficient (Wildman–Crippen LogP) is 0.384. The molecule has 3 N–H and O–H groups in total. The van der Waals surface area contributed by atoms with Gasteiger partial charge in [0, 0.05) is 18.8 Å². The highest BCUT2D eigenvalue weighted by atomic mass is 16.2. The third-order valence-electron chi connectivity index (χ3n) is 4.15. The van der Waals surface area contributed by atoms with Crippen molar-refractivity contribution >= 4 is 17.3 Å². The molecule has 1 aliphatic heterocycles. The molecule has 0 saturated carbocycles. The van der Waals surface area contributed by atoms with Crippen LogP contribution in [0.2, 0.25) is 0 Å². The summed E-state index contributed by atoms with van der Waals surface area (Å²) in [6.45, 7) is 2.79. The number of fused-ring (bicyclic) bond motifs is 1. The second-order valence-corrected chi connectivity index (χ2v) is 5.49. The van der Waals surface area contributed by atoms with E-state index in [1.165, 1.54) is 10.1 Å². The number of aromatic amines is 1. The Labute approximate surface area is 132 Å². The first-order valence-corrected chi connectivity index (χ1v) is 7.51. The number of aromatic nitrogens is 2. The quantitative estimate of drug-likeness (QED) is 0.795. The van der Waals surface area contributed by atoms with Gasteiger partial charge >= 0.3 is 5.69 Å². The molecule has 1 aliphatic rings. The fraction of sp³-hybridized carbons (Fsp3) is 0.312. The standard InChI is InChI=1S/C16H18N4O3/c1-2-20-14(17)13(15(22)18-16(20)23)12(21)9-19-8-7-10-5-3-4-6-11(10)19/h3-6H,2,7-9,17H2,1H3,(H,18,22,23). The lowest BCUT2D eigenvalue weighted by Gasteiger charge is -2.19. The minimum absolute atomic E-state index is 0.0617. The van der Waals surface area contributed by atoms with E-state index in [9.17, 15) is 14.4 Å². The first-order chi connectivity index (χ1) is 11.0. The van der Waals surface area contributed by atoms with E-state index in [4.69, 9.17) is 5.73 Å². The Bertz CT molecular complexity index is 882. The van der Waals surface area contributed by atoms with Crippen molar-refractivity contribution in [1.82, 2.24) is 9.55 Å². The lowest BCUT2D eigenvalue weighted by Crippen LogP contribution is -2.38. The van der Waals surface area contributed by atoms with Crippen molar-refractivity contribution in [2.75, 3.05) is 23.7 Å². The highest BCUT2D eigenvalue weighted by molar-refractivity contribution is 6.02. The zero-order valence-corrected chi connectivity index (χ0v) is 12.8. The van der Waals surface area contributed by atoms with Crippen LogP contribution in [0, 0.1) is 0 Å². The first-order valence-electron chi connectivity index (χ1n) is 7.51. The van der Waals surface area contributed by atoms with Gasteiger partial charge in [0.25, 0.3) is 5.56 Å². The number of hydrogen-bond donors (Lipinski definition) is 2. The van der Waals surface area contributed by atoms with Gasteiger partial charge in [0.1, 0.15) is 11.4 Å². The predicted molar refractivity (Wildman–Crippen MR) is 88.1 cm³/mol. The van der Waals surface area contributed by atoms with Gasteiger partial charge in [-0.15, -0.1) is 0 Å². The smallest absolute Gasteiger partial charge is 0.329 e. The zero-order chi connectivity index (χ0) is 16.6. The molecule has 0 atom stereocenters. The molecule has 7 heteroatoms. The largest absolute Gasteiger partial charge is 0.384 e. The number of Topliss-reactive ketones (excluding diaryl/α,β-unsaturated/α-hetero) is 1. The van der Waals surface area contributed by atoms with Crippen LogP contribution in [0.5, 0.6) is 0 Å². The molecule has 0 fully saturated rings. The topological polar surface area (TPSA) is 101 Å². The number of carbonyl (C=O) groups is 1. The molecule has 23 heavy (non-hydrogen) atoms. The maximum atomic E-state index is 12.6. The fourth-order valence-corrected chi connectivity index (χ4v) is 2.99. The number of anilines is 2. The molecule has 0 saturated heterocycles. The summed E-state index contributed by atoms with van der Waals surface area (Å²) in [5.41, 5.74) is 6.58. The van der Waals surface area contributed by atoms with Crippen molar-refractivity contribution < 1.29 is 4.79 Å². The van der Waals surface area contributed by atoms with Gasteiger partial charge in [-0.25, -0.2) is 4.79 Å². The Morgan fingerprint density at radius 3 is 2.78 bits per heavy atom. The molecule has 7 nitrogen and oxygen atoms in total. The van der Waals surface area contributed by atoms with E-state index in [-0.39, 0.29) is 30.3 Å². The third-order valence-corrected chi connectivity index (χ3v) is 4.15. The number of para-hydroxylation sites is 1. The number of H-pyrrole nitrogens is 1. The van der Waals surface area contributed by atoms with Gasteiger partial charge in [-0.05, 0) is 25.0 Å². The van der Waals surface area contributed by atoms with Gasteiger partial charge in [-0.2, -0.15) is 0 Å². The molecule has 120 valence electrons. The molecule has 0 unspecified atom stereocenters. The molecule has 0 bridgehead atoms. The van der Waals surface area contributed by atoms with E-state index in [1.807, 2.05) is 29.2 Å². The summed E-state index contributed by atoms with van der Waals surface area (Å²) in [6, 6.07) is 7.86. The maximum Gasteiger partial charge on any atom is 0.329 e. The van der Waals surface area contributed by atoms with Crippen LogP contribution in [0.1, 0.15) is 22.8 Å². The second-order valence-electron chi connectivity index (χ2n) is 5.49. The van der Waals surface area contributed by atoms with Crippen LogP contribution in [0.4, 0.5) is 11.5 Å². The zero-order valence-electron chi connectivity index (χ0n) is 12.8. The number of nitrogen functional groups attached to an aromatic ring is 1.